The maximum absolute atomic E-state index is 12.3. The van der Waals surface area contributed by atoms with Crippen molar-refractivity contribution in [2.24, 2.45) is 0 Å². The van der Waals surface area contributed by atoms with Crippen molar-refractivity contribution < 1.29 is 4.79 Å². The Morgan fingerprint density at radius 1 is 1.50 bits per heavy atom. The Labute approximate surface area is 109 Å². The summed E-state index contributed by atoms with van der Waals surface area (Å²) < 4.78 is 1.79. The van der Waals surface area contributed by atoms with E-state index in [1.165, 1.54) is 0 Å². The molecule has 1 N–H and O–H groups in total. The Kier molecular flexibility index (Phi) is 5.85. The number of hydrogen-bond acceptors (Lipinski definition) is 3. The van der Waals surface area contributed by atoms with Gasteiger partial charge in [0.1, 0.15) is 5.69 Å². The van der Waals surface area contributed by atoms with Crippen LogP contribution >= 0.6 is 0 Å². The normalized spacial score (nSPS) is 10.7. The van der Waals surface area contributed by atoms with Crippen molar-refractivity contribution >= 4 is 5.91 Å². The third-order valence-corrected chi connectivity index (χ3v) is 2.98. The molecule has 1 aromatic rings. The molecule has 5 heteroatoms. The van der Waals surface area contributed by atoms with E-state index < -0.39 is 0 Å². The second-order valence-electron chi connectivity index (χ2n) is 4.37. The number of nitrogens with one attached hydrogen (secondary N) is 1. The molecule has 0 radical (unpaired) electrons. The molecular formula is C13H24N4O. The summed E-state index contributed by atoms with van der Waals surface area (Å²) in [6, 6.07) is 1.90. The van der Waals surface area contributed by atoms with E-state index in [0.717, 1.165) is 38.2 Å². The Balaban J connectivity index is 2.72. The van der Waals surface area contributed by atoms with Crippen molar-refractivity contribution in [1.82, 2.24) is 20.0 Å². The zero-order chi connectivity index (χ0) is 13.5. The molecule has 0 aliphatic heterocycles. The highest BCUT2D eigenvalue weighted by molar-refractivity contribution is 5.92. The lowest BCUT2D eigenvalue weighted by Crippen LogP contribution is -2.31. The molecule has 0 bridgehead atoms. The van der Waals surface area contributed by atoms with E-state index in [1.807, 2.05) is 34.0 Å². The van der Waals surface area contributed by atoms with Gasteiger partial charge in [0.15, 0.2) is 0 Å². The van der Waals surface area contributed by atoms with Crippen LogP contribution in [0.2, 0.25) is 0 Å². The highest BCUT2D eigenvalue weighted by atomic mass is 16.2. The van der Waals surface area contributed by atoms with Gasteiger partial charge in [-0.1, -0.05) is 6.92 Å². The van der Waals surface area contributed by atoms with Gasteiger partial charge in [-0.3, -0.25) is 9.48 Å². The molecule has 0 atom stereocenters. The molecule has 0 aromatic carbocycles. The van der Waals surface area contributed by atoms with Crippen molar-refractivity contribution in [2.75, 3.05) is 27.2 Å². The molecule has 102 valence electrons. The summed E-state index contributed by atoms with van der Waals surface area (Å²) in [5.74, 6) is 0.0557. The average Bonchev–Trinajstić information content (AvgIpc) is 2.81. The third-order valence-electron chi connectivity index (χ3n) is 2.98. The predicted molar refractivity (Wildman–Crippen MR) is 72.8 cm³/mol. The van der Waals surface area contributed by atoms with Crippen LogP contribution in [0.5, 0.6) is 0 Å². The second-order valence-corrected chi connectivity index (χ2v) is 4.37. The lowest BCUT2D eigenvalue weighted by atomic mass is 10.2. The molecule has 5 nitrogen and oxygen atoms in total. The first-order chi connectivity index (χ1) is 8.63. The fourth-order valence-corrected chi connectivity index (χ4v) is 1.85. The largest absolute Gasteiger partial charge is 0.340 e. The van der Waals surface area contributed by atoms with Gasteiger partial charge in [-0.25, -0.2) is 0 Å². The lowest BCUT2D eigenvalue weighted by Gasteiger charge is -2.17. The number of carbonyl (C=O) groups is 1. The summed E-state index contributed by atoms with van der Waals surface area (Å²) in [5.41, 5.74) is 1.67. The molecule has 0 unspecified atom stereocenters. The molecule has 0 aliphatic rings. The SMILES string of the molecule is CCc1cc(C(=O)N(C)CCCNC)n(CC)n1. The molecular weight excluding hydrogens is 228 g/mol. The number of hydrogen-bond donors (Lipinski definition) is 1. The molecule has 0 aliphatic carbocycles. The van der Waals surface area contributed by atoms with E-state index >= 15 is 0 Å². The van der Waals surface area contributed by atoms with Gasteiger partial charge in [-0.05, 0) is 39.4 Å². The highest BCUT2D eigenvalue weighted by Crippen LogP contribution is 2.08. The third kappa shape index (κ3) is 3.57. The number of carbonyl (C=O) groups excluding carboxylic acids is 1. The maximum Gasteiger partial charge on any atom is 0.271 e. The zero-order valence-electron chi connectivity index (χ0n) is 11.9. The number of aromatic nitrogens is 2. The van der Waals surface area contributed by atoms with Gasteiger partial charge in [-0.15, -0.1) is 0 Å². The van der Waals surface area contributed by atoms with Gasteiger partial charge in [0.2, 0.25) is 0 Å². The van der Waals surface area contributed by atoms with Crippen LogP contribution in [0.3, 0.4) is 0 Å². The first kappa shape index (κ1) is 14.7. The van der Waals surface area contributed by atoms with Gasteiger partial charge in [0.05, 0.1) is 5.69 Å². The van der Waals surface area contributed by atoms with Crippen LogP contribution in [-0.4, -0.2) is 47.8 Å². The number of rotatable bonds is 7. The molecule has 0 saturated carbocycles. The standard InChI is InChI=1S/C13H24N4O/c1-5-11-10-12(17(6-2)15-11)13(18)16(4)9-7-8-14-3/h10,14H,5-9H2,1-4H3. The number of nitrogens with zero attached hydrogens (tertiary/aromatic N) is 3. The van der Waals surface area contributed by atoms with Gasteiger partial charge >= 0.3 is 0 Å². The average molecular weight is 252 g/mol. The smallest absolute Gasteiger partial charge is 0.271 e. The number of aryl methyl sites for hydroxylation is 2. The van der Waals surface area contributed by atoms with Gasteiger partial charge in [0, 0.05) is 20.1 Å². The molecule has 1 amide bonds. The van der Waals surface area contributed by atoms with E-state index in [2.05, 4.69) is 10.4 Å². The van der Waals surface area contributed by atoms with Crippen LogP contribution in [0.1, 0.15) is 36.5 Å². The summed E-state index contributed by atoms with van der Waals surface area (Å²) in [6.45, 7) is 6.46. The van der Waals surface area contributed by atoms with Crippen LogP contribution < -0.4 is 5.32 Å². The van der Waals surface area contributed by atoms with E-state index in [9.17, 15) is 4.79 Å². The van der Waals surface area contributed by atoms with Crippen molar-refractivity contribution in [3.05, 3.63) is 17.5 Å². The summed E-state index contributed by atoms with van der Waals surface area (Å²) in [6.07, 6.45) is 1.82. The van der Waals surface area contributed by atoms with Crippen molar-refractivity contribution in [2.45, 2.75) is 33.2 Å². The summed E-state index contributed by atoms with van der Waals surface area (Å²) in [5, 5.41) is 7.49. The fraction of sp³-hybridized carbons (Fsp3) is 0.692. The minimum atomic E-state index is 0.0557. The van der Waals surface area contributed by atoms with E-state index in [4.69, 9.17) is 0 Å². The van der Waals surface area contributed by atoms with Crippen LogP contribution in [0.4, 0.5) is 0 Å². The molecule has 1 heterocycles. The van der Waals surface area contributed by atoms with Crippen LogP contribution in [0, 0.1) is 0 Å². The Hall–Kier alpha value is -1.36. The minimum Gasteiger partial charge on any atom is -0.340 e. The van der Waals surface area contributed by atoms with E-state index in [-0.39, 0.29) is 5.91 Å². The van der Waals surface area contributed by atoms with E-state index in [1.54, 1.807) is 9.58 Å². The Morgan fingerprint density at radius 3 is 2.78 bits per heavy atom. The molecule has 0 spiro atoms. The minimum absolute atomic E-state index is 0.0557. The zero-order valence-corrected chi connectivity index (χ0v) is 11.9. The molecule has 1 rings (SSSR count). The molecule has 0 saturated heterocycles. The quantitative estimate of drug-likeness (QED) is 0.741. The van der Waals surface area contributed by atoms with E-state index in [0.29, 0.717) is 5.69 Å². The lowest BCUT2D eigenvalue weighted by molar-refractivity contribution is 0.0781. The summed E-state index contributed by atoms with van der Waals surface area (Å²) >= 11 is 0. The van der Waals surface area contributed by atoms with Gasteiger partial charge < -0.3 is 10.2 Å². The van der Waals surface area contributed by atoms with Crippen molar-refractivity contribution in [1.29, 1.82) is 0 Å². The summed E-state index contributed by atoms with van der Waals surface area (Å²) in [7, 11) is 3.76. The van der Waals surface area contributed by atoms with Crippen molar-refractivity contribution in [3.63, 3.8) is 0 Å². The first-order valence-corrected chi connectivity index (χ1v) is 6.60. The first-order valence-electron chi connectivity index (χ1n) is 6.60. The fourth-order valence-electron chi connectivity index (χ4n) is 1.85. The van der Waals surface area contributed by atoms with Gasteiger partial charge in [-0.2, -0.15) is 5.10 Å². The van der Waals surface area contributed by atoms with Crippen LogP contribution in [-0.2, 0) is 13.0 Å². The van der Waals surface area contributed by atoms with Crippen LogP contribution in [0.25, 0.3) is 0 Å². The Bertz CT molecular complexity index is 386. The maximum atomic E-state index is 12.3. The van der Waals surface area contributed by atoms with Gasteiger partial charge in [0.25, 0.3) is 5.91 Å². The molecule has 0 fully saturated rings. The summed E-state index contributed by atoms with van der Waals surface area (Å²) in [4.78, 5) is 14.1. The molecule has 18 heavy (non-hydrogen) atoms. The second kappa shape index (κ2) is 7.16. The number of amides is 1. The van der Waals surface area contributed by atoms with Crippen LogP contribution in [0.15, 0.2) is 6.07 Å². The topological polar surface area (TPSA) is 50.2 Å². The molecule has 1 aromatic heterocycles. The van der Waals surface area contributed by atoms with Crippen molar-refractivity contribution in [3.8, 4) is 0 Å². The Morgan fingerprint density at radius 2 is 2.22 bits per heavy atom. The predicted octanol–water partition coefficient (Wildman–Crippen LogP) is 1.15. The highest BCUT2D eigenvalue weighted by Gasteiger charge is 2.17. The monoisotopic (exact) mass is 252 g/mol.